The Morgan fingerprint density at radius 2 is 1.71 bits per heavy atom. The van der Waals surface area contributed by atoms with E-state index in [4.69, 9.17) is 4.74 Å². The van der Waals surface area contributed by atoms with E-state index < -0.39 is 0 Å². The number of amides is 2. The summed E-state index contributed by atoms with van der Waals surface area (Å²) in [5, 5.41) is 5.76. The van der Waals surface area contributed by atoms with E-state index in [2.05, 4.69) is 15.5 Å². The molecule has 0 aromatic heterocycles. The molecule has 1 saturated heterocycles. The minimum absolute atomic E-state index is 0.0472. The molecule has 0 radical (unpaired) electrons. The summed E-state index contributed by atoms with van der Waals surface area (Å²) in [6.07, 6.45) is 2.04. The van der Waals surface area contributed by atoms with Gasteiger partial charge in [0, 0.05) is 38.2 Å². The fourth-order valence-electron chi connectivity index (χ4n) is 2.59. The largest absolute Gasteiger partial charge is 0.379 e. The molecule has 0 spiro atoms. The standard InChI is InChI=1S/C18H27N3O3/c22-17(19-10-5-11-21-12-14-24-15-13-21)8-4-9-20-18(23)16-6-2-1-3-7-16/h1-3,6-7H,4-5,8-15H2,(H,19,22)(H,20,23). The monoisotopic (exact) mass is 333 g/mol. The third-order valence-corrected chi connectivity index (χ3v) is 3.98. The van der Waals surface area contributed by atoms with Gasteiger partial charge in [-0.15, -0.1) is 0 Å². The van der Waals surface area contributed by atoms with Crippen molar-refractivity contribution < 1.29 is 14.3 Å². The summed E-state index contributed by atoms with van der Waals surface area (Å²) in [6, 6.07) is 9.09. The van der Waals surface area contributed by atoms with E-state index in [1.54, 1.807) is 12.1 Å². The molecule has 6 nitrogen and oxygen atoms in total. The highest BCUT2D eigenvalue weighted by Gasteiger charge is 2.09. The number of nitrogens with zero attached hydrogens (tertiary/aromatic N) is 1. The van der Waals surface area contributed by atoms with Gasteiger partial charge in [-0.25, -0.2) is 0 Å². The van der Waals surface area contributed by atoms with Crippen molar-refractivity contribution in [1.29, 1.82) is 0 Å². The first kappa shape index (κ1) is 18.4. The van der Waals surface area contributed by atoms with Gasteiger partial charge in [-0.1, -0.05) is 18.2 Å². The fraction of sp³-hybridized carbons (Fsp3) is 0.556. The number of ether oxygens (including phenoxy) is 1. The summed E-state index contributed by atoms with van der Waals surface area (Å²) in [5.41, 5.74) is 0.644. The van der Waals surface area contributed by atoms with Gasteiger partial charge in [-0.3, -0.25) is 14.5 Å². The molecule has 24 heavy (non-hydrogen) atoms. The average Bonchev–Trinajstić information content (AvgIpc) is 2.64. The first-order chi connectivity index (χ1) is 11.8. The second-order valence-corrected chi connectivity index (χ2v) is 5.88. The van der Waals surface area contributed by atoms with Crippen molar-refractivity contribution in [1.82, 2.24) is 15.5 Å². The predicted molar refractivity (Wildman–Crippen MR) is 92.9 cm³/mol. The zero-order valence-corrected chi connectivity index (χ0v) is 14.1. The first-order valence-electron chi connectivity index (χ1n) is 8.66. The number of hydrogen-bond donors (Lipinski definition) is 2. The van der Waals surface area contributed by atoms with Crippen LogP contribution in [0.1, 0.15) is 29.6 Å². The maximum absolute atomic E-state index is 11.8. The minimum atomic E-state index is -0.0958. The Labute approximate surface area is 143 Å². The van der Waals surface area contributed by atoms with Crippen molar-refractivity contribution >= 4 is 11.8 Å². The van der Waals surface area contributed by atoms with E-state index in [0.29, 0.717) is 31.5 Å². The molecule has 0 saturated carbocycles. The highest BCUT2D eigenvalue weighted by molar-refractivity contribution is 5.94. The van der Waals surface area contributed by atoms with Crippen molar-refractivity contribution in [3.8, 4) is 0 Å². The van der Waals surface area contributed by atoms with Gasteiger partial charge in [0.1, 0.15) is 0 Å². The molecule has 2 amide bonds. The van der Waals surface area contributed by atoms with Gasteiger partial charge in [0.2, 0.25) is 5.91 Å². The van der Waals surface area contributed by atoms with Crippen LogP contribution >= 0.6 is 0 Å². The summed E-state index contributed by atoms with van der Waals surface area (Å²) in [4.78, 5) is 25.9. The third-order valence-electron chi connectivity index (χ3n) is 3.98. The third kappa shape index (κ3) is 7.10. The Balaban J connectivity index is 1.47. The second kappa shape index (κ2) is 10.8. The maximum Gasteiger partial charge on any atom is 0.251 e. The van der Waals surface area contributed by atoms with Gasteiger partial charge < -0.3 is 15.4 Å². The topological polar surface area (TPSA) is 70.7 Å². The number of carbonyl (C=O) groups excluding carboxylic acids is 2. The Morgan fingerprint density at radius 1 is 1.00 bits per heavy atom. The zero-order chi connectivity index (χ0) is 17.0. The van der Waals surface area contributed by atoms with Crippen molar-refractivity contribution in [3.05, 3.63) is 35.9 Å². The highest BCUT2D eigenvalue weighted by Crippen LogP contribution is 1.99. The zero-order valence-electron chi connectivity index (χ0n) is 14.1. The number of morpholine rings is 1. The van der Waals surface area contributed by atoms with Gasteiger partial charge in [0.25, 0.3) is 5.91 Å². The summed E-state index contributed by atoms with van der Waals surface area (Å²) in [7, 11) is 0. The molecular weight excluding hydrogens is 306 g/mol. The Bertz CT molecular complexity index is 501. The lowest BCUT2D eigenvalue weighted by atomic mass is 10.2. The average molecular weight is 333 g/mol. The van der Waals surface area contributed by atoms with Crippen LogP contribution in [0.3, 0.4) is 0 Å². The van der Waals surface area contributed by atoms with Gasteiger partial charge in [0.15, 0.2) is 0 Å². The summed E-state index contributed by atoms with van der Waals surface area (Å²) in [5.74, 6) is -0.0487. The van der Waals surface area contributed by atoms with Crippen molar-refractivity contribution in [3.63, 3.8) is 0 Å². The quantitative estimate of drug-likeness (QED) is 0.663. The van der Waals surface area contributed by atoms with E-state index >= 15 is 0 Å². The molecule has 0 unspecified atom stereocenters. The lowest BCUT2D eigenvalue weighted by Gasteiger charge is -2.26. The molecule has 0 aliphatic carbocycles. The van der Waals surface area contributed by atoms with E-state index in [9.17, 15) is 9.59 Å². The SMILES string of the molecule is O=C(CCCNC(=O)c1ccccc1)NCCCN1CCOCC1. The van der Waals surface area contributed by atoms with Crippen LogP contribution in [0.4, 0.5) is 0 Å². The molecule has 1 aliphatic rings. The van der Waals surface area contributed by atoms with Gasteiger partial charge in [0.05, 0.1) is 13.2 Å². The van der Waals surface area contributed by atoms with Crippen molar-refractivity contribution in [2.24, 2.45) is 0 Å². The molecule has 1 fully saturated rings. The van der Waals surface area contributed by atoms with Crippen LogP contribution in [0.25, 0.3) is 0 Å². The summed E-state index contributed by atoms with van der Waals surface area (Å²) >= 11 is 0. The molecule has 2 N–H and O–H groups in total. The molecule has 0 atom stereocenters. The lowest BCUT2D eigenvalue weighted by molar-refractivity contribution is -0.121. The minimum Gasteiger partial charge on any atom is -0.379 e. The van der Waals surface area contributed by atoms with Gasteiger partial charge in [-0.2, -0.15) is 0 Å². The van der Waals surface area contributed by atoms with Crippen LogP contribution in [0.15, 0.2) is 30.3 Å². The molecule has 1 heterocycles. The number of carbonyl (C=O) groups is 2. The molecule has 1 aliphatic heterocycles. The van der Waals surface area contributed by atoms with Crippen LogP contribution < -0.4 is 10.6 Å². The number of hydrogen-bond acceptors (Lipinski definition) is 4. The van der Waals surface area contributed by atoms with Crippen LogP contribution in [0, 0.1) is 0 Å². The summed E-state index contributed by atoms with van der Waals surface area (Å²) < 4.78 is 5.30. The molecule has 1 aromatic rings. The molecule has 2 rings (SSSR count). The van der Waals surface area contributed by atoms with Crippen LogP contribution in [-0.2, 0) is 9.53 Å². The smallest absolute Gasteiger partial charge is 0.251 e. The second-order valence-electron chi connectivity index (χ2n) is 5.88. The Morgan fingerprint density at radius 3 is 2.46 bits per heavy atom. The van der Waals surface area contributed by atoms with E-state index in [0.717, 1.165) is 39.3 Å². The molecule has 1 aromatic carbocycles. The van der Waals surface area contributed by atoms with Gasteiger partial charge >= 0.3 is 0 Å². The highest BCUT2D eigenvalue weighted by atomic mass is 16.5. The van der Waals surface area contributed by atoms with Gasteiger partial charge in [-0.05, 0) is 31.5 Å². The van der Waals surface area contributed by atoms with E-state index in [1.165, 1.54) is 0 Å². The van der Waals surface area contributed by atoms with E-state index in [1.807, 2.05) is 18.2 Å². The van der Waals surface area contributed by atoms with E-state index in [-0.39, 0.29) is 11.8 Å². The maximum atomic E-state index is 11.8. The van der Waals surface area contributed by atoms with Crippen molar-refractivity contribution in [2.75, 3.05) is 45.9 Å². The molecular formula is C18H27N3O3. The summed E-state index contributed by atoms with van der Waals surface area (Å²) in [6.45, 7) is 5.78. The number of benzene rings is 1. The molecule has 6 heteroatoms. The molecule has 0 bridgehead atoms. The normalized spacial score (nSPS) is 15.0. The fourth-order valence-corrected chi connectivity index (χ4v) is 2.59. The lowest BCUT2D eigenvalue weighted by Crippen LogP contribution is -2.38. The Hall–Kier alpha value is -1.92. The number of rotatable bonds is 9. The number of nitrogens with one attached hydrogen (secondary N) is 2. The van der Waals surface area contributed by atoms with Crippen LogP contribution in [0.2, 0.25) is 0 Å². The Kier molecular flexibility index (Phi) is 8.27. The predicted octanol–water partition coefficient (Wildman–Crippen LogP) is 1.04. The van der Waals surface area contributed by atoms with Crippen LogP contribution in [0.5, 0.6) is 0 Å². The first-order valence-corrected chi connectivity index (χ1v) is 8.66. The van der Waals surface area contributed by atoms with Crippen LogP contribution in [-0.4, -0.2) is 62.7 Å². The van der Waals surface area contributed by atoms with Crippen molar-refractivity contribution in [2.45, 2.75) is 19.3 Å². The molecule has 132 valence electrons.